The zero-order chi connectivity index (χ0) is 17.8. The Morgan fingerprint density at radius 1 is 1.24 bits per heavy atom. The highest BCUT2D eigenvalue weighted by molar-refractivity contribution is 6.32. The fourth-order valence-electron chi connectivity index (χ4n) is 2.16. The van der Waals surface area contributed by atoms with Crippen molar-refractivity contribution in [2.45, 2.75) is 12.8 Å². The summed E-state index contributed by atoms with van der Waals surface area (Å²) in [5, 5.41) is 34.4. The quantitative estimate of drug-likeness (QED) is 0.599. The lowest BCUT2D eigenvalue weighted by atomic mass is 10.1. The van der Waals surface area contributed by atoms with Gasteiger partial charge >= 0.3 is 0 Å². The molecule has 0 spiro atoms. The van der Waals surface area contributed by atoms with Crippen LogP contribution in [0.5, 0.6) is 0 Å². The molecule has 3 rings (SSSR count). The summed E-state index contributed by atoms with van der Waals surface area (Å²) in [7, 11) is 0. The second-order valence-corrected chi connectivity index (χ2v) is 5.50. The van der Waals surface area contributed by atoms with Gasteiger partial charge < -0.3 is 15.5 Å². The smallest absolute Gasteiger partial charge is 0.227 e. The molecular weight excluding hydrogens is 344 g/mol. The van der Waals surface area contributed by atoms with Crippen LogP contribution in [-0.2, 0) is 6.54 Å². The van der Waals surface area contributed by atoms with Gasteiger partial charge in [0, 0.05) is 17.3 Å². The summed E-state index contributed by atoms with van der Waals surface area (Å²) in [6, 6.07) is 8.55. The van der Waals surface area contributed by atoms with E-state index in [4.69, 9.17) is 27.1 Å². The Morgan fingerprint density at radius 2 is 2.00 bits per heavy atom. The van der Waals surface area contributed by atoms with E-state index in [2.05, 4.69) is 20.4 Å². The molecular formula is C16H13ClN6O2. The van der Waals surface area contributed by atoms with Crippen LogP contribution in [0.15, 0.2) is 42.9 Å². The average molecular weight is 357 g/mol. The van der Waals surface area contributed by atoms with Gasteiger partial charge in [-0.25, -0.2) is 9.97 Å². The number of benzene rings is 1. The van der Waals surface area contributed by atoms with Crippen molar-refractivity contribution in [3.63, 3.8) is 0 Å². The van der Waals surface area contributed by atoms with Crippen LogP contribution in [0, 0.1) is 11.3 Å². The Labute approximate surface area is 148 Å². The second-order valence-electron chi connectivity index (χ2n) is 5.10. The molecule has 3 N–H and O–H groups in total. The standard InChI is InChI=1S/C16H13ClN6O2/c17-13-8-19-16(21-12-7-20-23(9-12)6-5-18)22-14(13)10-1-3-11(4-2-10)15(24)25/h1-4,7-9,15,24-25H,6H2,(H,19,21,22). The lowest BCUT2D eigenvalue weighted by Gasteiger charge is -2.08. The van der Waals surface area contributed by atoms with Crippen LogP contribution in [0.4, 0.5) is 11.6 Å². The number of anilines is 2. The number of nitrogens with one attached hydrogen (secondary N) is 1. The summed E-state index contributed by atoms with van der Waals surface area (Å²) < 4.78 is 1.48. The maximum atomic E-state index is 9.15. The molecule has 0 amide bonds. The number of aliphatic hydroxyl groups is 2. The molecule has 0 radical (unpaired) electrons. The molecule has 0 unspecified atom stereocenters. The fourth-order valence-corrected chi connectivity index (χ4v) is 2.36. The molecule has 0 atom stereocenters. The molecule has 126 valence electrons. The van der Waals surface area contributed by atoms with E-state index in [9.17, 15) is 0 Å². The zero-order valence-electron chi connectivity index (χ0n) is 12.8. The Morgan fingerprint density at radius 3 is 2.68 bits per heavy atom. The monoisotopic (exact) mass is 356 g/mol. The lowest BCUT2D eigenvalue weighted by Crippen LogP contribution is -1.99. The van der Waals surface area contributed by atoms with Gasteiger partial charge in [0.1, 0.15) is 6.54 Å². The van der Waals surface area contributed by atoms with Crippen molar-refractivity contribution in [2.75, 3.05) is 5.32 Å². The first-order chi connectivity index (χ1) is 12.1. The third kappa shape index (κ3) is 3.92. The van der Waals surface area contributed by atoms with E-state index in [0.717, 1.165) is 0 Å². The van der Waals surface area contributed by atoms with E-state index in [1.807, 2.05) is 6.07 Å². The summed E-state index contributed by atoms with van der Waals surface area (Å²) in [5.74, 6) is 0.321. The Bertz CT molecular complexity index is 917. The SMILES string of the molecule is N#CCn1cc(Nc2ncc(Cl)c(-c3ccc(C(O)O)cc3)n2)cn1. The number of hydrogen-bond acceptors (Lipinski definition) is 7. The van der Waals surface area contributed by atoms with Gasteiger partial charge in [-0.2, -0.15) is 10.4 Å². The number of aliphatic hydroxyl groups excluding tert-OH is 1. The van der Waals surface area contributed by atoms with Crippen LogP contribution < -0.4 is 5.32 Å². The molecule has 0 fully saturated rings. The molecule has 0 aliphatic heterocycles. The Hall–Kier alpha value is -2.99. The van der Waals surface area contributed by atoms with Gasteiger partial charge in [-0.15, -0.1) is 0 Å². The number of aromatic nitrogens is 4. The first-order valence-corrected chi connectivity index (χ1v) is 7.60. The van der Waals surface area contributed by atoms with Gasteiger partial charge in [-0.1, -0.05) is 35.9 Å². The number of nitriles is 1. The number of halogens is 1. The predicted molar refractivity (Wildman–Crippen MR) is 90.8 cm³/mol. The van der Waals surface area contributed by atoms with Crippen LogP contribution in [0.1, 0.15) is 11.9 Å². The normalized spacial score (nSPS) is 10.7. The molecule has 0 aliphatic carbocycles. The van der Waals surface area contributed by atoms with Crippen molar-refractivity contribution >= 4 is 23.2 Å². The van der Waals surface area contributed by atoms with Crippen molar-refractivity contribution in [1.82, 2.24) is 19.7 Å². The predicted octanol–water partition coefficient (Wildman–Crippen LogP) is 2.24. The third-order valence-corrected chi connectivity index (χ3v) is 3.63. The summed E-state index contributed by atoms with van der Waals surface area (Å²) in [4.78, 5) is 8.51. The summed E-state index contributed by atoms with van der Waals surface area (Å²) in [6.45, 7) is 0.150. The van der Waals surface area contributed by atoms with E-state index in [0.29, 0.717) is 33.5 Å². The minimum Gasteiger partial charge on any atom is -0.364 e. The van der Waals surface area contributed by atoms with E-state index < -0.39 is 6.29 Å². The molecule has 25 heavy (non-hydrogen) atoms. The highest BCUT2D eigenvalue weighted by atomic mass is 35.5. The molecule has 8 nitrogen and oxygen atoms in total. The van der Waals surface area contributed by atoms with Crippen LogP contribution in [0.25, 0.3) is 11.3 Å². The van der Waals surface area contributed by atoms with E-state index in [1.165, 1.54) is 10.9 Å². The van der Waals surface area contributed by atoms with Gasteiger partial charge in [0.15, 0.2) is 6.29 Å². The first kappa shape index (κ1) is 16.9. The number of nitrogens with zero attached hydrogens (tertiary/aromatic N) is 5. The highest BCUT2D eigenvalue weighted by Gasteiger charge is 2.10. The Balaban J connectivity index is 1.85. The van der Waals surface area contributed by atoms with E-state index in [1.54, 1.807) is 36.7 Å². The molecule has 0 saturated heterocycles. The van der Waals surface area contributed by atoms with Crippen molar-refractivity contribution in [1.29, 1.82) is 5.26 Å². The van der Waals surface area contributed by atoms with Crippen molar-refractivity contribution in [3.8, 4) is 17.3 Å². The number of rotatable bonds is 5. The van der Waals surface area contributed by atoms with Gasteiger partial charge in [0.25, 0.3) is 0 Å². The highest BCUT2D eigenvalue weighted by Crippen LogP contribution is 2.27. The molecule has 2 heterocycles. The summed E-state index contributed by atoms with van der Waals surface area (Å²) in [5.41, 5.74) is 2.22. The minimum absolute atomic E-state index is 0.150. The van der Waals surface area contributed by atoms with Crippen LogP contribution in [-0.4, -0.2) is 30.0 Å². The van der Waals surface area contributed by atoms with Crippen molar-refractivity contribution in [3.05, 3.63) is 53.4 Å². The molecule has 0 saturated carbocycles. The van der Waals surface area contributed by atoms with E-state index >= 15 is 0 Å². The molecule has 0 aliphatic rings. The van der Waals surface area contributed by atoms with E-state index in [-0.39, 0.29) is 6.54 Å². The fraction of sp³-hybridized carbons (Fsp3) is 0.125. The van der Waals surface area contributed by atoms with Crippen LogP contribution in [0.2, 0.25) is 5.02 Å². The van der Waals surface area contributed by atoms with Gasteiger partial charge in [0.2, 0.25) is 5.95 Å². The molecule has 0 bridgehead atoms. The largest absolute Gasteiger partial charge is 0.364 e. The summed E-state index contributed by atoms with van der Waals surface area (Å²) >= 11 is 6.18. The van der Waals surface area contributed by atoms with Gasteiger partial charge in [0.05, 0.1) is 34.9 Å². The van der Waals surface area contributed by atoms with Crippen LogP contribution >= 0.6 is 11.6 Å². The maximum absolute atomic E-state index is 9.15. The minimum atomic E-state index is -1.53. The average Bonchev–Trinajstić information content (AvgIpc) is 3.04. The molecule has 9 heteroatoms. The molecule has 3 aromatic rings. The molecule has 2 aromatic heterocycles. The lowest BCUT2D eigenvalue weighted by molar-refractivity contribution is -0.0424. The summed E-state index contributed by atoms with van der Waals surface area (Å²) in [6.07, 6.45) is 3.17. The van der Waals surface area contributed by atoms with Crippen LogP contribution in [0.3, 0.4) is 0 Å². The van der Waals surface area contributed by atoms with Gasteiger partial charge in [-0.3, -0.25) is 4.68 Å². The van der Waals surface area contributed by atoms with Crippen molar-refractivity contribution < 1.29 is 10.2 Å². The number of hydrogen-bond donors (Lipinski definition) is 3. The molecule has 1 aromatic carbocycles. The first-order valence-electron chi connectivity index (χ1n) is 7.22. The van der Waals surface area contributed by atoms with Crippen molar-refractivity contribution in [2.24, 2.45) is 0 Å². The topological polar surface area (TPSA) is 120 Å². The zero-order valence-corrected chi connectivity index (χ0v) is 13.6. The second kappa shape index (κ2) is 7.27. The maximum Gasteiger partial charge on any atom is 0.227 e. The van der Waals surface area contributed by atoms with Gasteiger partial charge in [-0.05, 0) is 0 Å². The Kier molecular flexibility index (Phi) is 4.90. The third-order valence-electron chi connectivity index (χ3n) is 3.35.